The molecular weight excluding hydrogens is 228 g/mol. The number of hydrogen-bond acceptors (Lipinski definition) is 3. The van der Waals surface area contributed by atoms with E-state index in [9.17, 15) is 4.79 Å². The van der Waals surface area contributed by atoms with Gasteiger partial charge in [0, 0.05) is 25.2 Å². The van der Waals surface area contributed by atoms with Crippen molar-refractivity contribution in [1.82, 2.24) is 4.90 Å². The Hall–Kier alpha value is -1.55. The largest absolute Gasteiger partial charge is 0.496 e. The predicted molar refractivity (Wildman–Crippen MR) is 72.3 cm³/mol. The Bertz CT molecular complexity index is 405. The zero-order chi connectivity index (χ0) is 13.7. The highest BCUT2D eigenvalue weighted by atomic mass is 16.5. The molecule has 0 spiro atoms. The highest BCUT2D eigenvalue weighted by Gasteiger charge is 2.21. The van der Waals surface area contributed by atoms with E-state index in [1.54, 1.807) is 19.1 Å². The molecule has 4 heteroatoms. The molecule has 2 unspecified atom stereocenters. The van der Waals surface area contributed by atoms with Crippen molar-refractivity contribution in [2.45, 2.75) is 26.4 Å². The second-order valence-electron chi connectivity index (χ2n) is 4.65. The van der Waals surface area contributed by atoms with E-state index < -0.39 is 0 Å². The molecule has 0 aliphatic rings. The van der Waals surface area contributed by atoms with Crippen LogP contribution in [0.3, 0.4) is 0 Å². The lowest BCUT2D eigenvalue weighted by molar-refractivity contribution is -0.134. The fraction of sp³-hybridized carbons (Fsp3) is 0.500. The van der Waals surface area contributed by atoms with Crippen LogP contribution in [0.5, 0.6) is 5.75 Å². The molecule has 4 nitrogen and oxygen atoms in total. The minimum absolute atomic E-state index is 0.0518. The molecule has 0 saturated heterocycles. The summed E-state index contributed by atoms with van der Waals surface area (Å²) < 4.78 is 5.27. The van der Waals surface area contributed by atoms with Gasteiger partial charge in [-0.25, -0.2) is 0 Å². The third kappa shape index (κ3) is 3.47. The number of hydrogen-bond donors (Lipinski definition) is 1. The number of nitrogens with zero attached hydrogens (tertiary/aromatic N) is 1. The van der Waals surface area contributed by atoms with Gasteiger partial charge in [0.2, 0.25) is 5.91 Å². The molecule has 0 aromatic heterocycles. The number of rotatable bonds is 5. The number of carbonyl (C=O) groups is 1. The van der Waals surface area contributed by atoms with E-state index in [0.717, 1.165) is 11.3 Å². The van der Waals surface area contributed by atoms with Gasteiger partial charge < -0.3 is 15.4 Å². The zero-order valence-electron chi connectivity index (χ0n) is 11.5. The van der Waals surface area contributed by atoms with Crippen molar-refractivity contribution in [2.24, 2.45) is 11.7 Å². The fourth-order valence-corrected chi connectivity index (χ4v) is 1.74. The molecule has 2 atom stereocenters. The van der Waals surface area contributed by atoms with Gasteiger partial charge in [0.05, 0.1) is 13.0 Å². The molecule has 2 N–H and O–H groups in total. The second kappa shape index (κ2) is 6.40. The minimum atomic E-state index is -0.176. The van der Waals surface area contributed by atoms with E-state index in [1.165, 1.54) is 0 Å². The minimum Gasteiger partial charge on any atom is -0.496 e. The van der Waals surface area contributed by atoms with Gasteiger partial charge in [-0.1, -0.05) is 25.1 Å². The highest BCUT2D eigenvalue weighted by molar-refractivity contribution is 5.78. The molecule has 1 amide bonds. The summed E-state index contributed by atoms with van der Waals surface area (Å²) in [5.41, 5.74) is 6.75. The monoisotopic (exact) mass is 250 g/mol. The molecule has 1 aromatic rings. The van der Waals surface area contributed by atoms with Gasteiger partial charge >= 0.3 is 0 Å². The van der Waals surface area contributed by atoms with Crippen molar-refractivity contribution in [3.05, 3.63) is 29.8 Å². The molecule has 18 heavy (non-hydrogen) atoms. The topological polar surface area (TPSA) is 55.6 Å². The molecule has 0 fully saturated rings. The summed E-state index contributed by atoms with van der Waals surface area (Å²) >= 11 is 0. The van der Waals surface area contributed by atoms with Crippen LogP contribution in [0.15, 0.2) is 24.3 Å². The third-order valence-electron chi connectivity index (χ3n) is 3.15. The van der Waals surface area contributed by atoms with Crippen LogP contribution < -0.4 is 10.5 Å². The number of amides is 1. The van der Waals surface area contributed by atoms with Gasteiger partial charge in [-0.2, -0.15) is 0 Å². The first-order valence-electron chi connectivity index (χ1n) is 6.09. The average molecular weight is 250 g/mol. The Labute approximate surface area is 109 Å². The number of para-hydroxylation sites is 1. The molecular formula is C14H22N2O2. The van der Waals surface area contributed by atoms with Crippen LogP contribution in [0.25, 0.3) is 0 Å². The Morgan fingerprint density at radius 2 is 2.00 bits per heavy atom. The van der Waals surface area contributed by atoms with Crippen molar-refractivity contribution < 1.29 is 9.53 Å². The van der Waals surface area contributed by atoms with Gasteiger partial charge in [0.15, 0.2) is 0 Å². The number of methoxy groups -OCH3 is 1. The maximum atomic E-state index is 12.1. The summed E-state index contributed by atoms with van der Waals surface area (Å²) in [4.78, 5) is 13.8. The molecule has 100 valence electrons. The van der Waals surface area contributed by atoms with Crippen LogP contribution in [-0.2, 0) is 11.3 Å². The molecule has 0 bridgehead atoms. The Morgan fingerprint density at radius 3 is 2.56 bits per heavy atom. The Kier molecular flexibility index (Phi) is 5.16. The van der Waals surface area contributed by atoms with E-state index >= 15 is 0 Å². The molecule has 0 aliphatic heterocycles. The summed E-state index contributed by atoms with van der Waals surface area (Å²) in [6.45, 7) is 4.23. The quantitative estimate of drug-likeness (QED) is 0.864. The third-order valence-corrected chi connectivity index (χ3v) is 3.15. The van der Waals surface area contributed by atoms with E-state index in [4.69, 9.17) is 10.5 Å². The zero-order valence-corrected chi connectivity index (χ0v) is 11.5. The normalized spacial score (nSPS) is 13.8. The lowest BCUT2D eigenvalue weighted by Crippen LogP contribution is -2.39. The van der Waals surface area contributed by atoms with Crippen molar-refractivity contribution in [3.8, 4) is 5.75 Å². The average Bonchev–Trinajstić information content (AvgIpc) is 2.37. The van der Waals surface area contributed by atoms with Gasteiger partial charge in [-0.15, -0.1) is 0 Å². The fourth-order valence-electron chi connectivity index (χ4n) is 1.74. The summed E-state index contributed by atoms with van der Waals surface area (Å²) in [5, 5.41) is 0. The first-order valence-corrected chi connectivity index (χ1v) is 6.09. The SMILES string of the molecule is COc1ccccc1CN(C)C(=O)C(C)C(C)N. The van der Waals surface area contributed by atoms with Crippen molar-refractivity contribution in [1.29, 1.82) is 0 Å². The number of nitrogens with two attached hydrogens (primary N) is 1. The van der Waals surface area contributed by atoms with Gasteiger partial charge in [-0.05, 0) is 13.0 Å². The summed E-state index contributed by atoms with van der Waals surface area (Å²) in [6, 6.07) is 7.56. The first kappa shape index (κ1) is 14.5. The van der Waals surface area contributed by atoms with E-state index in [-0.39, 0.29) is 17.9 Å². The molecule has 1 aromatic carbocycles. The Morgan fingerprint density at radius 1 is 1.39 bits per heavy atom. The number of benzene rings is 1. The maximum Gasteiger partial charge on any atom is 0.226 e. The standard InChI is InChI=1S/C14H22N2O2/c1-10(11(2)15)14(17)16(3)9-12-7-5-6-8-13(12)18-4/h5-8,10-11H,9,15H2,1-4H3. The summed E-state index contributed by atoms with van der Waals surface area (Å²) in [6.07, 6.45) is 0. The van der Waals surface area contributed by atoms with Crippen LogP contribution in [0.2, 0.25) is 0 Å². The summed E-state index contributed by atoms with van der Waals surface area (Å²) in [7, 11) is 3.42. The van der Waals surface area contributed by atoms with Crippen molar-refractivity contribution in [2.75, 3.05) is 14.2 Å². The molecule has 0 saturated carbocycles. The first-order chi connectivity index (χ1) is 8.47. The van der Waals surface area contributed by atoms with Gasteiger partial charge in [-0.3, -0.25) is 4.79 Å². The predicted octanol–water partition coefficient (Wildman–Crippen LogP) is 1.64. The number of ether oxygens (including phenoxy) is 1. The highest BCUT2D eigenvalue weighted by Crippen LogP contribution is 2.19. The van der Waals surface area contributed by atoms with E-state index in [2.05, 4.69) is 0 Å². The van der Waals surface area contributed by atoms with Crippen LogP contribution in [0, 0.1) is 5.92 Å². The van der Waals surface area contributed by atoms with Gasteiger partial charge in [0.1, 0.15) is 5.75 Å². The molecule has 1 rings (SSSR count). The smallest absolute Gasteiger partial charge is 0.226 e. The van der Waals surface area contributed by atoms with E-state index in [0.29, 0.717) is 6.54 Å². The Balaban J connectivity index is 2.75. The van der Waals surface area contributed by atoms with Crippen molar-refractivity contribution >= 4 is 5.91 Å². The molecule has 0 radical (unpaired) electrons. The van der Waals surface area contributed by atoms with Crippen LogP contribution in [0.1, 0.15) is 19.4 Å². The van der Waals surface area contributed by atoms with Crippen molar-refractivity contribution in [3.63, 3.8) is 0 Å². The van der Waals surface area contributed by atoms with E-state index in [1.807, 2.05) is 38.1 Å². The molecule has 0 aliphatic carbocycles. The van der Waals surface area contributed by atoms with Gasteiger partial charge in [0.25, 0.3) is 0 Å². The lowest BCUT2D eigenvalue weighted by Gasteiger charge is -2.24. The summed E-state index contributed by atoms with van der Waals surface area (Å²) in [5.74, 6) is 0.672. The van der Waals surface area contributed by atoms with Crippen LogP contribution >= 0.6 is 0 Å². The lowest BCUT2D eigenvalue weighted by atomic mass is 10.0. The van der Waals surface area contributed by atoms with Crippen LogP contribution in [-0.4, -0.2) is 31.0 Å². The maximum absolute atomic E-state index is 12.1. The molecule has 0 heterocycles. The van der Waals surface area contributed by atoms with Crippen LogP contribution in [0.4, 0.5) is 0 Å². The second-order valence-corrected chi connectivity index (χ2v) is 4.65. The number of carbonyl (C=O) groups excluding carboxylic acids is 1.